The maximum atomic E-state index is 13.8. The Morgan fingerprint density at radius 1 is 1.15 bits per heavy atom. The number of nitro benzene ring substituents is 1. The summed E-state index contributed by atoms with van der Waals surface area (Å²) >= 11 is 1.12. The lowest BCUT2D eigenvalue weighted by atomic mass is 9.96. The third-order valence-corrected chi connectivity index (χ3v) is 7.22. The van der Waals surface area contributed by atoms with Gasteiger partial charge in [-0.25, -0.2) is 9.79 Å². The fourth-order valence-corrected chi connectivity index (χ4v) is 5.56. The highest BCUT2D eigenvalue weighted by Gasteiger charge is 2.33. The van der Waals surface area contributed by atoms with Crippen molar-refractivity contribution in [3.05, 3.63) is 113 Å². The molecule has 4 aromatic rings. The molecule has 0 N–H and O–H groups in total. The number of rotatable bonds is 7. The van der Waals surface area contributed by atoms with Crippen LogP contribution in [-0.2, 0) is 14.3 Å². The molecule has 1 atom stereocenters. The SMILES string of the molecule is CCOC(=O)C1=C(C)N=c2sc(=Cc3ccc(-c4ccccc4[N+](=O)[O-])o3)c(=O)n2C1c1ccc(OC(C)=O)cc1. The number of allylic oxidation sites excluding steroid dienone is 1. The maximum absolute atomic E-state index is 13.8. The van der Waals surface area contributed by atoms with Crippen LogP contribution in [0.4, 0.5) is 5.69 Å². The molecular weight excluding hydrogens is 550 g/mol. The van der Waals surface area contributed by atoms with Crippen molar-refractivity contribution in [2.45, 2.75) is 26.8 Å². The van der Waals surface area contributed by atoms with Crippen LogP contribution in [0, 0.1) is 10.1 Å². The van der Waals surface area contributed by atoms with Crippen LogP contribution < -0.4 is 19.6 Å². The van der Waals surface area contributed by atoms with E-state index in [0.29, 0.717) is 33.1 Å². The predicted octanol–water partition coefficient (Wildman–Crippen LogP) is 3.89. The highest BCUT2D eigenvalue weighted by molar-refractivity contribution is 7.07. The molecule has 0 radical (unpaired) electrons. The standard InChI is InChI=1S/C29H23N3O8S/c1-4-38-28(35)25-16(2)30-29-31(26(25)18-9-11-19(12-10-18)39-17(3)33)27(34)24(41-29)15-20-13-14-23(40-20)21-7-5-6-8-22(21)32(36)37/h5-15,26H,4H2,1-3H3. The lowest BCUT2D eigenvalue weighted by molar-refractivity contribution is -0.384. The van der Waals surface area contributed by atoms with Gasteiger partial charge >= 0.3 is 11.9 Å². The summed E-state index contributed by atoms with van der Waals surface area (Å²) in [4.78, 5) is 54.0. The lowest BCUT2D eigenvalue weighted by Crippen LogP contribution is -2.39. The van der Waals surface area contributed by atoms with Crippen molar-refractivity contribution in [1.82, 2.24) is 4.57 Å². The average Bonchev–Trinajstić information content (AvgIpc) is 3.52. The normalized spacial score (nSPS) is 14.8. The summed E-state index contributed by atoms with van der Waals surface area (Å²) in [6.45, 7) is 4.79. The largest absolute Gasteiger partial charge is 0.463 e. The molecule has 12 heteroatoms. The molecule has 1 unspecified atom stereocenters. The van der Waals surface area contributed by atoms with Crippen LogP contribution in [-0.4, -0.2) is 28.0 Å². The van der Waals surface area contributed by atoms with E-state index in [4.69, 9.17) is 13.9 Å². The van der Waals surface area contributed by atoms with E-state index in [2.05, 4.69) is 4.99 Å². The van der Waals surface area contributed by atoms with Gasteiger partial charge in [-0.05, 0) is 49.7 Å². The summed E-state index contributed by atoms with van der Waals surface area (Å²) < 4.78 is 18.0. The van der Waals surface area contributed by atoms with Gasteiger partial charge < -0.3 is 13.9 Å². The fraction of sp³-hybridized carbons (Fsp3) is 0.172. The first-order chi connectivity index (χ1) is 19.7. The van der Waals surface area contributed by atoms with Crippen molar-refractivity contribution in [3.8, 4) is 17.1 Å². The summed E-state index contributed by atoms with van der Waals surface area (Å²) in [6, 6.07) is 15.1. The van der Waals surface area contributed by atoms with Crippen LogP contribution in [0.5, 0.6) is 5.75 Å². The Labute approximate surface area is 236 Å². The van der Waals surface area contributed by atoms with Crippen LogP contribution in [0.2, 0.25) is 0 Å². The van der Waals surface area contributed by atoms with E-state index in [1.54, 1.807) is 68.4 Å². The van der Waals surface area contributed by atoms with Crippen LogP contribution in [0.15, 0.2) is 86.1 Å². The Bertz CT molecular complexity index is 1900. The number of carbonyl (C=O) groups excluding carboxylic acids is 2. The number of esters is 2. The summed E-state index contributed by atoms with van der Waals surface area (Å²) in [5.41, 5.74) is 0.994. The van der Waals surface area contributed by atoms with Gasteiger partial charge in [0, 0.05) is 19.1 Å². The van der Waals surface area contributed by atoms with Crippen molar-refractivity contribution in [2.24, 2.45) is 4.99 Å². The van der Waals surface area contributed by atoms with Gasteiger partial charge in [-0.1, -0.05) is 35.6 Å². The van der Waals surface area contributed by atoms with E-state index < -0.39 is 28.5 Å². The molecule has 3 heterocycles. The molecule has 41 heavy (non-hydrogen) atoms. The van der Waals surface area contributed by atoms with Crippen molar-refractivity contribution in [1.29, 1.82) is 0 Å². The predicted molar refractivity (Wildman–Crippen MR) is 149 cm³/mol. The molecule has 2 aromatic carbocycles. The summed E-state index contributed by atoms with van der Waals surface area (Å²) in [5.74, 6) is -0.164. The van der Waals surface area contributed by atoms with Crippen LogP contribution >= 0.6 is 11.3 Å². The molecule has 2 aromatic heterocycles. The topological polar surface area (TPSA) is 143 Å². The van der Waals surface area contributed by atoms with Gasteiger partial charge in [-0.15, -0.1) is 0 Å². The van der Waals surface area contributed by atoms with Crippen LogP contribution in [0.1, 0.15) is 38.1 Å². The number of fused-ring (bicyclic) bond motifs is 1. The molecule has 0 fully saturated rings. The molecule has 0 spiro atoms. The Hall–Kier alpha value is -5.10. The van der Waals surface area contributed by atoms with Gasteiger partial charge in [-0.2, -0.15) is 0 Å². The molecule has 0 amide bonds. The fourth-order valence-electron chi connectivity index (χ4n) is 4.54. The van der Waals surface area contributed by atoms with E-state index in [1.165, 1.54) is 23.6 Å². The minimum Gasteiger partial charge on any atom is -0.463 e. The van der Waals surface area contributed by atoms with Gasteiger partial charge in [0.15, 0.2) is 4.80 Å². The second-order valence-corrected chi connectivity index (χ2v) is 9.95. The van der Waals surface area contributed by atoms with E-state index in [-0.39, 0.29) is 28.2 Å². The number of ether oxygens (including phenoxy) is 2. The van der Waals surface area contributed by atoms with Crippen molar-refractivity contribution >= 4 is 35.0 Å². The molecule has 5 rings (SSSR count). The molecule has 0 bridgehead atoms. The number of benzene rings is 2. The molecular formula is C29H23N3O8S. The average molecular weight is 574 g/mol. The van der Waals surface area contributed by atoms with E-state index in [0.717, 1.165) is 11.3 Å². The van der Waals surface area contributed by atoms with Gasteiger partial charge in [0.2, 0.25) is 0 Å². The van der Waals surface area contributed by atoms with Crippen molar-refractivity contribution in [2.75, 3.05) is 6.61 Å². The maximum Gasteiger partial charge on any atom is 0.338 e. The first kappa shape index (κ1) is 27.5. The third-order valence-electron chi connectivity index (χ3n) is 6.24. The molecule has 0 saturated heterocycles. The first-order valence-electron chi connectivity index (χ1n) is 12.5. The number of carbonyl (C=O) groups is 2. The number of furan rings is 1. The highest BCUT2D eigenvalue weighted by atomic mass is 32.1. The second kappa shape index (κ2) is 11.2. The Morgan fingerprint density at radius 3 is 2.56 bits per heavy atom. The molecule has 208 valence electrons. The molecule has 1 aliphatic rings. The smallest absolute Gasteiger partial charge is 0.338 e. The van der Waals surface area contributed by atoms with Crippen LogP contribution in [0.3, 0.4) is 0 Å². The number of thiazole rings is 1. The van der Waals surface area contributed by atoms with Gasteiger partial charge in [-0.3, -0.25) is 24.3 Å². The van der Waals surface area contributed by atoms with Gasteiger partial charge in [0.1, 0.15) is 17.3 Å². The number of hydrogen-bond donors (Lipinski definition) is 0. The zero-order valence-electron chi connectivity index (χ0n) is 22.2. The van der Waals surface area contributed by atoms with E-state index in [1.807, 2.05) is 0 Å². The number of nitrogens with zero attached hydrogens (tertiary/aromatic N) is 3. The molecule has 11 nitrogen and oxygen atoms in total. The second-order valence-electron chi connectivity index (χ2n) is 8.94. The van der Waals surface area contributed by atoms with Crippen LogP contribution in [0.25, 0.3) is 17.4 Å². The Morgan fingerprint density at radius 2 is 1.88 bits per heavy atom. The van der Waals surface area contributed by atoms with Gasteiger partial charge in [0.05, 0.1) is 38.9 Å². The Balaban J connectivity index is 1.62. The minimum absolute atomic E-state index is 0.102. The molecule has 0 saturated carbocycles. The van der Waals surface area contributed by atoms with E-state index in [9.17, 15) is 24.5 Å². The molecule has 1 aliphatic heterocycles. The third kappa shape index (κ3) is 5.37. The minimum atomic E-state index is -0.849. The van der Waals surface area contributed by atoms with E-state index >= 15 is 0 Å². The van der Waals surface area contributed by atoms with Gasteiger partial charge in [0.25, 0.3) is 11.2 Å². The number of para-hydroxylation sites is 1. The summed E-state index contributed by atoms with van der Waals surface area (Å²) in [6.07, 6.45) is 1.53. The first-order valence-corrected chi connectivity index (χ1v) is 13.3. The number of hydrogen-bond acceptors (Lipinski definition) is 10. The highest BCUT2D eigenvalue weighted by Crippen LogP contribution is 2.33. The van der Waals surface area contributed by atoms with Crippen molar-refractivity contribution < 1.29 is 28.4 Å². The monoisotopic (exact) mass is 573 g/mol. The van der Waals surface area contributed by atoms with Crippen molar-refractivity contribution in [3.63, 3.8) is 0 Å². The Kier molecular flexibility index (Phi) is 7.49. The summed E-state index contributed by atoms with van der Waals surface area (Å²) in [7, 11) is 0. The number of nitro groups is 1. The lowest BCUT2D eigenvalue weighted by Gasteiger charge is -2.24. The quantitative estimate of drug-likeness (QED) is 0.140. The number of aromatic nitrogens is 1. The zero-order chi connectivity index (χ0) is 29.3. The zero-order valence-corrected chi connectivity index (χ0v) is 23.0. The summed E-state index contributed by atoms with van der Waals surface area (Å²) in [5, 5.41) is 11.4. The molecule has 0 aliphatic carbocycles.